The van der Waals surface area contributed by atoms with Gasteiger partial charge in [0.15, 0.2) is 0 Å². The summed E-state index contributed by atoms with van der Waals surface area (Å²) in [5, 5.41) is 4.47. The number of carbonyl (C=O) groups is 1. The van der Waals surface area contributed by atoms with Crippen molar-refractivity contribution in [2.24, 2.45) is 5.92 Å². The molecule has 0 N–H and O–H groups in total. The van der Waals surface area contributed by atoms with Gasteiger partial charge in [0.1, 0.15) is 0 Å². The van der Waals surface area contributed by atoms with Crippen molar-refractivity contribution in [3.63, 3.8) is 0 Å². The zero-order valence-corrected chi connectivity index (χ0v) is 14.4. The molecule has 2 aliphatic rings. The zero-order valence-electron chi connectivity index (χ0n) is 14.4. The number of para-hydroxylation sites is 1. The highest BCUT2D eigenvalue weighted by atomic mass is 16.2. The molecule has 24 heavy (non-hydrogen) atoms. The lowest BCUT2D eigenvalue weighted by molar-refractivity contribution is 0.0987. The van der Waals surface area contributed by atoms with Crippen LogP contribution < -0.4 is 4.90 Å². The zero-order chi connectivity index (χ0) is 16.7. The van der Waals surface area contributed by atoms with Crippen LogP contribution in [0.3, 0.4) is 0 Å². The SMILES string of the molecule is CN(C)CC1CCn2ncc(C(=O)N3CCc4ccccc43)c2C1. The average molecular weight is 324 g/mol. The van der Waals surface area contributed by atoms with Gasteiger partial charge in [-0.2, -0.15) is 5.10 Å². The molecule has 1 unspecified atom stereocenters. The van der Waals surface area contributed by atoms with Gasteiger partial charge in [0, 0.05) is 25.3 Å². The van der Waals surface area contributed by atoms with Crippen molar-refractivity contribution < 1.29 is 4.79 Å². The summed E-state index contributed by atoms with van der Waals surface area (Å²) in [6.07, 6.45) is 4.78. The number of rotatable bonds is 3. The molecular weight excluding hydrogens is 300 g/mol. The minimum atomic E-state index is 0.103. The van der Waals surface area contributed by atoms with Crippen molar-refractivity contribution in [1.82, 2.24) is 14.7 Å². The number of nitrogens with zero attached hydrogens (tertiary/aromatic N) is 4. The maximum atomic E-state index is 13.1. The molecule has 4 rings (SSSR count). The topological polar surface area (TPSA) is 41.4 Å². The summed E-state index contributed by atoms with van der Waals surface area (Å²) in [6.45, 7) is 2.74. The monoisotopic (exact) mass is 324 g/mol. The first-order valence-corrected chi connectivity index (χ1v) is 8.72. The largest absolute Gasteiger partial charge is 0.309 e. The Morgan fingerprint density at radius 1 is 1.29 bits per heavy atom. The molecule has 1 aromatic heterocycles. The van der Waals surface area contributed by atoms with E-state index in [0.29, 0.717) is 5.92 Å². The Morgan fingerprint density at radius 3 is 2.96 bits per heavy atom. The first-order valence-electron chi connectivity index (χ1n) is 8.72. The number of aromatic nitrogens is 2. The van der Waals surface area contributed by atoms with Crippen LogP contribution in [0.5, 0.6) is 0 Å². The molecule has 0 saturated carbocycles. The highest BCUT2D eigenvalue weighted by Crippen LogP contribution is 2.31. The maximum absolute atomic E-state index is 13.1. The number of hydrogen-bond acceptors (Lipinski definition) is 3. The van der Waals surface area contributed by atoms with Gasteiger partial charge in [-0.1, -0.05) is 18.2 Å². The Morgan fingerprint density at radius 2 is 2.12 bits per heavy atom. The van der Waals surface area contributed by atoms with E-state index in [0.717, 1.165) is 55.8 Å². The van der Waals surface area contributed by atoms with Gasteiger partial charge in [-0.05, 0) is 50.9 Å². The molecule has 1 atom stereocenters. The molecule has 0 saturated heterocycles. The molecule has 0 fully saturated rings. The second-order valence-corrected chi connectivity index (χ2v) is 7.18. The van der Waals surface area contributed by atoms with Crippen molar-refractivity contribution in [2.45, 2.75) is 25.8 Å². The van der Waals surface area contributed by atoms with Crippen LogP contribution >= 0.6 is 0 Å². The molecule has 2 aliphatic heterocycles. The van der Waals surface area contributed by atoms with Gasteiger partial charge in [0.2, 0.25) is 0 Å². The fourth-order valence-electron chi connectivity index (χ4n) is 4.04. The third-order valence-corrected chi connectivity index (χ3v) is 5.17. The minimum absolute atomic E-state index is 0.103. The number of aryl methyl sites for hydroxylation is 1. The van der Waals surface area contributed by atoms with Crippen molar-refractivity contribution in [2.75, 3.05) is 32.1 Å². The maximum Gasteiger partial charge on any atom is 0.261 e. The first-order chi connectivity index (χ1) is 11.6. The fourth-order valence-corrected chi connectivity index (χ4v) is 4.04. The molecule has 5 heteroatoms. The van der Waals surface area contributed by atoms with E-state index in [-0.39, 0.29) is 5.91 Å². The lowest BCUT2D eigenvalue weighted by atomic mass is 9.93. The third-order valence-electron chi connectivity index (χ3n) is 5.17. The van der Waals surface area contributed by atoms with Crippen LogP contribution in [0.15, 0.2) is 30.5 Å². The molecule has 0 bridgehead atoms. The van der Waals surface area contributed by atoms with Crippen LogP contribution in [0.1, 0.15) is 28.0 Å². The molecule has 1 aromatic carbocycles. The molecule has 1 amide bonds. The number of hydrogen-bond donors (Lipinski definition) is 0. The Balaban J connectivity index is 1.60. The second kappa shape index (κ2) is 6.06. The first kappa shape index (κ1) is 15.4. The molecule has 0 spiro atoms. The van der Waals surface area contributed by atoms with Crippen molar-refractivity contribution in [3.8, 4) is 0 Å². The Labute approximate surface area is 142 Å². The predicted molar refractivity (Wildman–Crippen MR) is 94.4 cm³/mol. The highest BCUT2D eigenvalue weighted by molar-refractivity contribution is 6.07. The van der Waals surface area contributed by atoms with Crippen LogP contribution in [0.25, 0.3) is 0 Å². The highest BCUT2D eigenvalue weighted by Gasteiger charge is 2.31. The number of carbonyl (C=O) groups excluding carboxylic acids is 1. The molecule has 5 nitrogen and oxygen atoms in total. The number of anilines is 1. The standard InChI is InChI=1S/C19H24N4O/c1-21(2)13-14-7-10-23-18(11-14)16(12-20-23)19(24)22-9-8-15-5-3-4-6-17(15)22/h3-6,12,14H,7-11,13H2,1-2H3. The summed E-state index contributed by atoms with van der Waals surface area (Å²) in [5.74, 6) is 0.702. The van der Waals surface area contributed by atoms with Gasteiger partial charge in [0.25, 0.3) is 5.91 Å². The molecule has 0 radical (unpaired) electrons. The van der Waals surface area contributed by atoms with E-state index in [9.17, 15) is 4.79 Å². The number of fused-ring (bicyclic) bond motifs is 2. The quantitative estimate of drug-likeness (QED) is 0.869. The number of amides is 1. The van der Waals surface area contributed by atoms with E-state index >= 15 is 0 Å². The van der Waals surface area contributed by atoms with Crippen molar-refractivity contribution >= 4 is 11.6 Å². The van der Waals surface area contributed by atoms with E-state index in [2.05, 4.69) is 30.2 Å². The lowest BCUT2D eigenvalue weighted by Gasteiger charge is -2.27. The molecule has 3 heterocycles. The summed E-state index contributed by atoms with van der Waals surface area (Å²) >= 11 is 0. The summed E-state index contributed by atoms with van der Waals surface area (Å²) in [6, 6.07) is 8.21. The Kier molecular flexibility index (Phi) is 3.88. The molecule has 126 valence electrons. The second-order valence-electron chi connectivity index (χ2n) is 7.18. The van der Waals surface area contributed by atoms with E-state index in [1.54, 1.807) is 6.20 Å². The van der Waals surface area contributed by atoms with Gasteiger partial charge in [-0.15, -0.1) is 0 Å². The van der Waals surface area contributed by atoms with Gasteiger partial charge in [0.05, 0.1) is 17.5 Å². The Hall–Kier alpha value is -2.14. The normalized spacial score (nSPS) is 19.5. The van der Waals surface area contributed by atoms with Gasteiger partial charge < -0.3 is 9.80 Å². The summed E-state index contributed by atoms with van der Waals surface area (Å²) in [7, 11) is 4.22. The predicted octanol–water partition coefficient (Wildman–Crippen LogP) is 2.21. The van der Waals surface area contributed by atoms with Crippen LogP contribution in [0, 0.1) is 5.92 Å². The number of benzene rings is 1. The average Bonchev–Trinajstić information content (AvgIpc) is 3.17. The minimum Gasteiger partial charge on any atom is -0.309 e. The van der Waals surface area contributed by atoms with Gasteiger partial charge in [-0.3, -0.25) is 9.48 Å². The van der Waals surface area contributed by atoms with E-state index in [4.69, 9.17) is 0 Å². The van der Waals surface area contributed by atoms with Crippen molar-refractivity contribution in [3.05, 3.63) is 47.3 Å². The third kappa shape index (κ3) is 2.63. The van der Waals surface area contributed by atoms with Gasteiger partial charge >= 0.3 is 0 Å². The summed E-state index contributed by atoms with van der Waals surface area (Å²) in [5.41, 5.74) is 4.22. The smallest absolute Gasteiger partial charge is 0.261 e. The summed E-state index contributed by atoms with van der Waals surface area (Å²) < 4.78 is 2.03. The lowest BCUT2D eigenvalue weighted by Crippen LogP contribution is -2.32. The van der Waals surface area contributed by atoms with Crippen LogP contribution in [0.4, 0.5) is 5.69 Å². The van der Waals surface area contributed by atoms with Crippen LogP contribution in [0.2, 0.25) is 0 Å². The molecule has 0 aliphatic carbocycles. The summed E-state index contributed by atoms with van der Waals surface area (Å²) in [4.78, 5) is 17.3. The fraction of sp³-hybridized carbons (Fsp3) is 0.474. The van der Waals surface area contributed by atoms with E-state index in [1.165, 1.54) is 5.56 Å². The molecular formula is C19H24N4O. The Bertz CT molecular complexity index is 764. The van der Waals surface area contributed by atoms with E-state index in [1.807, 2.05) is 27.8 Å². The van der Waals surface area contributed by atoms with Crippen LogP contribution in [-0.4, -0.2) is 47.8 Å². The molecule has 2 aromatic rings. The van der Waals surface area contributed by atoms with Crippen molar-refractivity contribution in [1.29, 1.82) is 0 Å². The van der Waals surface area contributed by atoms with Crippen LogP contribution in [-0.2, 0) is 19.4 Å². The van der Waals surface area contributed by atoms with E-state index < -0.39 is 0 Å². The van der Waals surface area contributed by atoms with Gasteiger partial charge in [-0.25, -0.2) is 0 Å².